The SMILES string of the molecule is CC(=O)NCCCc1ccc(-c2csc(NC(=O)C3(c4cccc(Br)c4)CC3)n2)cc1. The number of amides is 2. The number of thiazole rings is 1. The number of carbonyl (C=O) groups excluding carboxylic acids is 2. The summed E-state index contributed by atoms with van der Waals surface area (Å²) in [6.45, 7) is 2.22. The molecule has 1 aromatic heterocycles. The van der Waals surface area contributed by atoms with Crippen LogP contribution in [-0.4, -0.2) is 23.3 Å². The van der Waals surface area contributed by atoms with Crippen LogP contribution in [0.4, 0.5) is 5.13 Å². The third kappa shape index (κ3) is 5.22. The molecule has 1 fully saturated rings. The highest BCUT2D eigenvalue weighted by atomic mass is 79.9. The molecule has 0 saturated heterocycles. The second-order valence-electron chi connectivity index (χ2n) is 7.87. The van der Waals surface area contributed by atoms with Crippen molar-refractivity contribution in [3.05, 3.63) is 69.5 Å². The number of anilines is 1. The minimum Gasteiger partial charge on any atom is -0.356 e. The standard InChI is InChI=1S/C24H24BrN3O2S/c1-16(29)26-13-3-4-17-7-9-18(10-8-17)21-15-31-23(27-21)28-22(30)24(11-12-24)19-5-2-6-20(25)14-19/h2,5-10,14-15H,3-4,11-13H2,1H3,(H,26,29)(H,27,28,30). The molecule has 0 unspecified atom stereocenters. The molecule has 1 saturated carbocycles. The van der Waals surface area contributed by atoms with Crippen molar-refractivity contribution in [2.75, 3.05) is 11.9 Å². The number of carbonyl (C=O) groups is 2. The predicted molar refractivity (Wildman–Crippen MR) is 128 cm³/mol. The van der Waals surface area contributed by atoms with Crippen LogP contribution in [-0.2, 0) is 21.4 Å². The maximum atomic E-state index is 13.0. The van der Waals surface area contributed by atoms with Gasteiger partial charge in [0.05, 0.1) is 11.1 Å². The molecule has 0 atom stereocenters. The first-order valence-corrected chi connectivity index (χ1v) is 12.0. The van der Waals surface area contributed by atoms with Crippen molar-refractivity contribution in [2.24, 2.45) is 0 Å². The highest BCUT2D eigenvalue weighted by Crippen LogP contribution is 2.49. The zero-order chi connectivity index (χ0) is 21.8. The van der Waals surface area contributed by atoms with E-state index in [0.717, 1.165) is 47.0 Å². The van der Waals surface area contributed by atoms with E-state index in [0.29, 0.717) is 11.7 Å². The number of aromatic nitrogens is 1. The number of hydrogen-bond donors (Lipinski definition) is 2. The third-order valence-corrected chi connectivity index (χ3v) is 6.80. The molecular weight excluding hydrogens is 474 g/mol. The van der Waals surface area contributed by atoms with E-state index in [2.05, 4.69) is 55.8 Å². The van der Waals surface area contributed by atoms with E-state index in [1.165, 1.54) is 23.8 Å². The van der Waals surface area contributed by atoms with Gasteiger partial charge < -0.3 is 10.6 Å². The second-order valence-corrected chi connectivity index (χ2v) is 9.64. The van der Waals surface area contributed by atoms with Gasteiger partial charge in [0, 0.05) is 28.9 Å². The summed E-state index contributed by atoms with van der Waals surface area (Å²) < 4.78 is 0.985. The summed E-state index contributed by atoms with van der Waals surface area (Å²) in [5.74, 6) is 0.0204. The van der Waals surface area contributed by atoms with E-state index in [-0.39, 0.29) is 11.8 Å². The quantitative estimate of drug-likeness (QED) is 0.414. The number of aryl methyl sites for hydroxylation is 1. The molecule has 2 amide bonds. The van der Waals surface area contributed by atoms with Gasteiger partial charge in [0.2, 0.25) is 11.8 Å². The van der Waals surface area contributed by atoms with Crippen LogP contribution in [0.1, 0.15) is 37.3 Å². The molecule has 1 aliphatic rings. The Balaban J connectivity index is 1.37. The lowest BCUT2D eigenvalue weighted by Gasteiger charge is -2.14. The van der Waals surface area contributed by atoms with Gasteiger partial charge in [0.15, 0.2) is 5.13 Å². The molecule has 2 aromatic carbocycles. The Hall–Kier alpha value is -2.51. The molecule has 0 bridgehead atoms. The van der Waals surface area contributed by atoms with Crippen LogP contribution in [0.15, 0.2) is 58.4 Å². The fourth-order valence-corrected chi connectivity index (χ4v) is 4.75. The Labute approximate surface area is 194 Å². The van der Waals surface area contributed by atoms with Crippen LogP contribution >= 0.6 is 27.3 Å². The summed E-state index contributed by atoms with van der Waals surface area (Å²) in [4.78, 5) is 28.5. The normalized spacial score (nSPS) is 14.1. The van der Waals surface area contributed by atoms with Gasteiger partial charge in [0.1, 0.15) is 0 Å². The Bertz CT molecular complexity index is 1090. The zero-order valence-electron chi connectivity index (χ0n) is 17.3. The largest absolute Gasteiger partial charge is 0.356 e. The molecular formula is C24H24BrN3O2S. The van der Waals surface area contributed by atoms with Crippen LogP contribution in [0, 0.1) is 0 Å². The molecule has 1 heterocycles. The van der Waals surface area contributed by atoms with E-state index in [1.54, 1.807) is 0 Å². The van der Waals surface area contributed by atoms with Gasteiger partial charge in [0.25, 0.3) is 0 Å². The van der Waals surface area contributed by atoms with Crippen LogP contribution in [0.25, 0.3) is 11.3 Å². The van der Waals surface area contributed by atoms with Crippen molar-refractivity contribution >= 4 is 44.2 Å². The number of nitrogens with one attached hydrogen (secondary N) is 2. The first-order chi connectivity index (χ1) is 15.0. The minimum atomic E-state index is -0.436. The van der Waals surface area contributed by atoms with Gasteiger partial charge >= 0.3 is 0 Å². The van der Waals surface area contributed by atoms with E-state index >= 15 is 0 Å². The van der Waals surface area contributed by atoms with Gasteiger partial charge in [-0.1, -0.05) is 52.3 Å². The molecule has 0 radical (unpaired) electrons. The van der Waals surface area contributed by atoms with Crippen LogP contribution in [0.2, 0.25) is 0 Å². The monoisotopic (exact) mass is 497 g/mol. The summed E-state index contributed by atoms with van der Waals surface area (Å²) in [6.07, 6.45) is 3.54. The van der Waals surface area contributed by atoms with Crippen molar-refractivity contribution in [3.63, 3.8) is 0 Å². The molecule has 5 nitrogen and oxygen atoms in total. The first-order valence-electron chi connectivity index (χ1n) is 10.3. The van der Waals surface area contributed by atoms with Crippen molar-refractivity contribution in [1.82, 2.24) is 10.3 Å². The van der Waals surface area contributed by atoms with Gasteiger partial charge in [-0.15, -0.1) is 11.3 Å². The predicted octanol–water partition coefficient (Wildman–Crippen LogP) is 5.31. The zero-order valence-corrected chi connectivity index (χ0v) is 19.7. The maximum absolute atomic E-state index is 13.0. The Morgan fingerprint density at radius 2 is 1.94 bits per heavy atom. The average Bonchev–Trinajstić information content (AvgIpc) is 3.45. The average molecular weight is 498 g/mol. The molecule has 2 N–H and O–H groups in total. The van der Waals surface area contributed by atoms with E-state index in [4.69, 9.17) is 0 Å². The highest BCUT2D eigenvalue weighted by Gasteiger charge is 2.51. The lowest BCUT2D eigenvalue weighted by atomic mass is 9.95. The van der Waals surface area contributed by atoms with Gasteiger partial charge in [-0.25, -0.2) is 4.98 Å². The maximum Gasteiger partial charge on any atom is 0.236 e. The highest BCUT2D eigenvalue weighted by molar-refractivity contribution is 9.10. The molecule has 1 aliphatic carbocycles. The third-order valence-electron chi connectivity index (χ3n) is 5.55. The van der Waals surface area contributed by atoms with E-state index in [1.807, 2.05) is 29.6 Å². The second kappa shape index (κ2) is 9.32. The summed E-state index contributed by atoms with van der Waals surface area (Å²) in [6, 6.07) is 16.3. The molecule has 0 spiro atoms. The van der Waals surface area contributed by atoms with Crippen LogP contribution in [0.5, 0.6) is 0 Å². The fraction of sp³-hybridized carbons (Fsp3) is 0.292. The van der Waals surface area contributed by atoms with Gasteiger partial charge in [-0.2, -0.15) is 0 Å². The van der Waals surface area contributed by atoms with Crippen molar-refractivity contribution < 1.29 is 9.59 Å². The number of nitrogens with zero attached hydrogens (tertiary/aromatic N) is 1. The molecule has 3 aromatic rings. The summed E-state index contributed by atoms with van der Waals surface area (Å²) in [5.41, 5.74) is 3.72. The smallest absolute Gasteiger partial charge is 0.236 e. The Morgan fingerprint density at radius 1 is 1.16 bits per heavy atom. The lowest BCUT2D eigenvalue weighted by molar-refractivity contribution is -0.119. The van der Waals surface area contributed by atoms with Crippen LogP contribution in [0.3, 0.4) is 0 Å². The Kier molecular flexibility index (Phi) is 6.53. The summed E-state index contributed by atoms with van der Waals surface area (Å²) >= 11 is 4.94. The fourth-order valence-electron chi connectivity index (χ4n) is 3.64. The topological polar surface area (TPSA) is 71.1 Å². The van der Waals surface area contributed by atoms with Gasteiger partial charge in [-0.05, 0) is 48.9 Å². The Morgan fingerprint density at radius 3 is 2.61 bits per heavy atom. The molecule has 31 heavy (non-hydrogen) atoms. The van der Waals surface area contributed by atoms with Crippen molar-refractivity contribution in [2.45, 2.75) is 38.0 Å². The first kappa shape index (κ1) is 21.7. The number of rotatable bonds is 8. The van der Waals surface area contributed by atoms with Crippen molar-refractivity contribution in [1.29, 1.82) is 0 Å². The number of benzene rings is 2. The molecule has 7 heteroatoms. The number of hydrogen-bond acceptors (Lipinski definition) is 4. The van der Waals surface area contributed by atoms with E-state index in [9.17, 15) is 9.59 Å². The van der Waals surface area contributed by atoms with Crippen LogP contribution < -0.4 is 10.6 Å². The molecule has 4 rings (SSSR count). The van der Waals surface area contributed by atoms with E-state index < -0.39 is 5.41 Å². The lowest BCUT2D eigenvalue weighted by Crippen LogP contribution is -2.27. The summed E-state index contributed by atoms with van der Waals surface area (Å²) in [7, 11) is 0. The molecule has 160 valence electrons. The number of halogens is 1. The van der Waals surface area contributed by atoms with Crippen molar-refractivity contribution in [3.8, 4) is 11.3 Å². The molecule has 0 aliphatic heterocycles. The summed E-state index contributed by atoms with van der Waals surface area (Å²) in [5, 5.41) is 8.44. The minimum absolute atomic E-state index is 0.00557. The van der Waals surface area contributed by atoms with Gasteiger partial charge in [-0.3, -0.25) is 9.59 Å².